The molecular formula is C21H44SiSn. The zero-order chi connectivity index (χ0) is 17.2. The van der Waals surface area contributed by atoms with Crippen molar-refractivity contribution in [1.82, 2.24) is 0 Å². The molecule has 2 rings (SSSR count). The summed E-state index contributed by atoms with van der Waals surface area (Å²) in [6.07, 6.45) is 15.9. The van der Waals surface area contributed by atoms with Gasteiger partial charge in [-0.15, -0.1) is 0 Å². The molecule has 0 aromatic rings. The van der Waals surface area contributed by atoms with Crippen LogP contribution >= 0.6 is 0 Å². The second kappa shape index (κ2) is 12.4. The number of rotatable bonds is 5. The van der Waals surface area contributed by atoms with Gasteiger partial charge in [-0.25, -0.2) is 0 Å². The molecule has 2 saturated carbocycles. The molecule has 0 heterocycles. The van der Waals surface area contributed by atoms with Crippen LogP contribution in [0.25, 0.3) is 0 Å². The third-order valence-electron chi connectivity index (χ3n) is 5.84. The molecule has 0 atom stereocenters. The minimum absolute atomic E-state index is 0.0957. The molecule has 2 heteroatoms. The van der Waals surface area contributed by atoms with Gasteiger partial charge in [0.2, 0.25) is 0 Å². The molecule has 0 N–H and O–H groups in total. The molecule has 0 bridgehead atoms. The molecule has 136 valence electrons. The van der Waals surface area contributed by atoms with Crippen molar-refractivity contribution in [3.05, 3.63) is 0 Å². The third-order valence-corrected chi connectivity index (χ3v) is 16.8. The largest absolute Gasteiger partial charge is 0.0653 e. The Labute approximate surface area is 159 Å². The molecule has 2 aliphatic carbocycles. The van der Waals surface area contributed by atoms with Crippen molar-refractivity contribution in [2.24, 2.45) is 0 Å². The Morgan fingerprint density at radius 3 is 1.09 bits per heavy atom. The summed E-state index contributed by atoms with van der Waals surface area (Å²) < 4.78 is 2.62. The maximum Gasteiger partial charge on any atom is 0.0561 e. The van der Waals surface area contributed by atoms with E-state index < -0.39 is 0 Å². The topological polar surface area (TPSA) is 0 Å². The second-order valence-corrected chi connectivity index (χ2v) is 19.9. The summed E-state index contributed by atoms with van der Waals surface area (Å²) in [6.45, 7) is 14.2. The molecular weight excluding hydrogens is 399 g/mol. The Morgan fingerprint density at radius 2 is 0.870 bits per heavy atom. The summed E-state index contributed by atoms with van der Waals surface area (Å²) in [5.41, 5.74) is 2.81. The van der Waals surface area contributed by atoms with Gasteiger partial charge in [-0.1, -0.05) is 58.2 Å². The first-order chi connectivity index (χ1) is 10.9. The van der Waals surface area contributed by atoms with Gasteiger partial charge < -0.3 is 0 Å². The molecule has 0 aliphatic heterocycles. The van der Waals surface area contributed by atoms with E-state index in [-0.39, 0.29) is 29.9 Å². The maximum absolute atomic E-state index is 2.37. The van der Waals surface area contributed by atoms with Gasteiger partial charge >= 0.3 is 93.2 Å². The molecule has 0 aromatic heterocycles. The molecule has 0 spiro atoms. The predicted molar refractivity (Wildman–Crippen MR) is 112 cm³/mol. The molecule has 2 fully saturated rings. The van der Waals surface area contributed by atoms with Gasteiger partial charge in [-0.2, -0.15) is 0 Å². The Hall–Kier alpha value is 1.02. The molecule has 0 nitrogen and oxygen atoms in total. The van der Waals surface area contributed by atoms with Crippen LogP contribution in [0.5, 0.6) is 0 Å². The molecule has 0 aromatic carbocycles. The Morgan fingerprint density at radius 1 is 0.565 bits per heavy atom. The van der Waals surface area contributed by atoms with Crippen LogP contribution < -0.4 is 0 Å². The van der Waals surface area contributed by atoms with Gasteiger partial charge in [0.1, 0.15) is 0 Å². The van der Waals surface area contributed by atoms with Gasteiger partial charge in [0, 0.05) is 0 Å². The average Bonchev–Trinajstić information content (AvgIpc) is 2.48. The van der Waals surface area contributed by atoms with Crippen LogP contribution in [0.15, 0.2) is 0 Å². The predicted octanol–water partition coefficient (Wildman–Crippen LogP) is 7.64. The Bertz CT molecular complexity index is 241. The van der Waals surface area contributed by atoms with Crippen molar-refractivity contribution in [2.45, 2.75) is 130 Å². The van der Waals surface area contributed by atoms with Crippen molar-refractivity contribution in [2.75, 3.05) is 0 Å². The molecule has 0 unspecified atom stereocenters. The molecule has 2 radical (unpaired) electrons. The Kier molecular flexibility index (Phi) is 11.9. The van der Waals surface area contributed by atoms with E-state index in [0.717, 1.165) is 16.6 Å². The minimum Gasteiger partial charge on any atom is -0.0653 e. The van der Waals surface area contributed by atoms with Crippen LogP contribution in [0.2, 0.25) is 24.5 Å². The fourth-order valence-corrected chi connectivity index (χ4v) is 16.1. The molecule has 0 saturated heterocycles. The minimum atomic E-state index is -0.145. The zero-order valence-electron chi connectivity index (χ0n) is 17.0. The van der Waals surface area contributed by atoms with Gasteiger partial charge in [0.25, 0.3) is 0 Å². The zero-order valence-corrected chi connectivity index (χ0v) is 21.3. The number of hydrogen-bond acceptors (Lipinski definition) is 0. The van der Waals surface area contributed by atoms with E-state index in [2.05, 4.69) is 41.5 Å². The van der Waals surface area contributed by atoms with Crippen molar-refractivity contribution in [3.8, 4) is 0 Å². The van der Waals surface area contributed by atoms with Crippen molar-refractivity contribution in [1.29, 1.82) is 0 Å². The maximum atomic E-state index is 2.37. The van der Waals surface area contributed by atoms with Gasteiger partial charge in [-0.05, 0) is 0 Å². The van der Waals surface area contributed by atoms with E-state index >= 15 is 0 Å². The smallest absolute Gasteiger partial charge is 0.0561 e. The van der Waals surface area contributed by atoms with Crippen LogP contribution in [-0.4, -0.2) is 29.9 Å². The van der Waals surface area contributed by atoms with E-state index in [1.807, 2.05) is 0 Å². The SMILES string of the molecule is C1CC[CH]([SnH][CH]2CCCCC2)CC1.CC(C)[Si](C(C)C)C(C)C. The van der Waals surface area contributed by atoms with Crippen molar-refractivity contribution < 1.29 is 0 Å². The molecule has 23 heavy (non-hydrogen) atoms. The van der Waals surface area contributed by atoms with Crippen LogP contribution in [0.3, 0.4) is 0 Å². The summed E-state index contributed by atoms with van der Waals surface area (Å²) in [7, 11) is -0.0957. The molecule has 0 amide bonds. The van der Waals surface area contributed by atoms with Crippen LogP contribution in [0.1, 0.15) is 106 Å². The van der Waals surface area contributed by atoms with Gasteiger partial charge in [-0.3, -0.25) is 0 Å². The van der Waals surface area contributed by atoms with Crippen LogP contribution in [-0.2, 0) is 0 Å². The fourth-order valence-electron chi connectivity index (χ4n) is 5.04. The van der Waals surface area contributed by atoms with E-state index in [9.17, 15) is 0 Å². The van der Waals surface area contributed by atoms with Gasteiger partial charge in [0.15, 0.2) is 0 Å². The summed E-state index contributed by atoms with van der Waals surface area (Å²) in [5.74, 6) is 0. The second-order valence-electron chi connectivity index (χ2n) is 8.95. The van der Waals surface area contributed by atoms with Crippen molar-refractivity contribution >= 4 is 29.9 Å². The van der Waals surface area contributed by atoms with E-state index in [1.54, 1.807) is 64.2 Å². The normalized spacial score (nSPS) is 21.1. The standard InChI is InChI=1S/C9H21Si.2C6H11.Sn.H/c1-7(2)10(8(3)4)9(5)6;2*1-2-4-6-5-3-1;;/h7-9H,1-6H3;2*1H,2-6H2;;. The van der Waals surface area contributed by atoms with E-state index in [1.165, 1.54) is 7.87 Å². The summed E-state index contributed by atoms with van der Waals surface area (Å²) >= 11 is -0.145. The average molecular weight is 443 g/mol. The van der Waals surface area contributed by atoms with Crippen molar-refractivity contribution in [3.63, 3.8) is 0 Å². The van der Waals surface area contributed by atoms with Gasteiger partial charge in [0.05, 0.1) is 8.80 Å². The summed E-state index contributed by atoms with van der Waals surface area (Å²) in [5, 5.41) is 0. The van der Waals surface area contributed by atoms with Crippen LogP contribution in [0, 0.1) is 0 Å². The van der Waals surface area contributed by atoms with E-state index in [4.69, 9.17) is 0 Å². The van der Waals surface area contributed by atoms with E-state index in [0.29, 0.717) is 0 Å². The fraction of sp³-hybridized carbons (Fsp3) is 1.00. The first-order valence-electron chi connectivity index (χ1n) is 10.6. The summed E-state index contributed by atoms with van der Waals surface area (Å²) in [4.78, 5) is 0. The first-order valence-corrected chi connectivity index (χ1v) is 16.2. The molecule has 2 aliphatic rings. The third kappa shape index (κ3) is 9.33. The monoisotopic (exact) mass is 444 g/mol. The van der Waals surface area contributed by atoms with Crippen LogP contribution in [0.4, 0.5) is 0 Å². The quantitative estimate of drug-likeness (QED) is 0.383. The summed E-state index contributed by atoms with van der Waals surface area (Å²) in [6, 6.07) is 0. The number of hydrogen-bond donors (Lipinski definition) is 0. The first kappa shape index (κ1) is 22.1. The Balaban J connectivity index is 0.000000241.